The van der Waals surface area contributed by atoms with Crippen LogP contribution in [-0.2, 0) is 20.5 Å². The lowest BCUT2D eigenvalue weighted by Gasteiger charge is -2.26. The van der Waals surface area contributed by atoms with Crippen LogP contribution in [0.3, 0.4) is 0 Å². The van der Waals surface area contributed by atoms with Crippen LogP contribution in [-0.4, -0.2) is 53.8 Å². The summed E-state index contributed by atoms with van der Waals surface area (Å²) in [5.41, 5.74) is 0.695. The van der Waals surface area contributed by atoms with E-state index in [0.29, 0.717) is 42.1 Å². The number of benzene rings is 1. The highest BCUT2D eigenvalue weighted by molar-refractivity contribution is 7.98. The van der Waals surface area contributed by atoms with Gasteiger partial charge < -0.3 is 4.74 Å². The molecule has 0 spiro atoms. The molecule has 2 aliphatic rings. The predicted octanol–water partition coefficient (Wildman–Crippen LogP) is 1.22. The van der Waals surface area contributed by atoms with E-state index in [-0.39, 0.29) is 11.7 Å². The number of hydrogen-bond donors (Lipinski definition) is 1. The first-order chi connectivity index (χ1) is 12.6. The molecule has 0 atom stereocenters. The van der Waals surface area contributed by atoms with Crippen molar-refractivity contribution < 1.29 is 13.2 Å². The molecule has 1 saturated carbocycles. The van der Waals surface area contributed by atoms with Crippen molar-refractivity contribution >= 4 is 21.8 Å². The minimum atomic E-state index is -3.51. The van der Waals surface area contributed by atoms with Crippen LogP contribution in [0.1, 0.15) is 24.4 Å². The van der Waals surface area contributed by atoms with Gasteiger partial charge in [-0.25, -0.2) is 18.3 Å². The average molecular weight is 396 g/mol. The van der Waals surface area contributed by atoms with Crippen LogP contribution in [0.5, 0.6) is 0 Å². The smallest absolute Gasteiger partial charge is 0.344 e. The Labute approximate surface area is 155 Å². The Morgan fingerprint density at radius 1 is 1.27 bits per heavy atom. The van der Waals surface area contributed by atoms with E-state index in [1.165, 1.54) is 16.1 Å². The molecule has 1 N–H and O–H groups in total. The second-order valence-corrected chi connectivity index (χ2v) is 9.25. The molecule has 0 amide bonds. The molecule has 0 bridgehead atoms. The maximum absolute atomic E-state index is 12.8. The normalized spacial score (nSPS) is 18.9. The number of thioether (sulfide) groups is 1. The Bertz CT molecular complexity index is 943. The molecule has 10 heteroatoms. The van der Waals surface area contributed by atoms with Crippen molar-refractivity contribution in [1.82, 2.24) is 19.1 Å². The van der Waals surface area contributed by atoms with Crippen molar-refractivity contribution in [3.05, 3.63) is 40.3 Å². The largest absolute Gasteiger partial charge is 0.379 e. The van der Waals surface area contributed by atoms with Crippen molar-refractivity contribution in [1.29, 1.82) is 0 Å². The molecule has 0 radical (unpaired) electrons. The van der Waals surface area contributed by atoms with Gasteiger partial charge in [0.2, 0.25) is 10.0 Å². The maximum atomic E-state index is 12.8. The minimum Gasteiger partial charge on any atom is -0.379 e. The summed E-state index contributed by atoms with van der Waals surface area (Å²) in [7, 11) is -3.51. The van der Waals surface area contributed by atoms with E-state index in [2.05, 4.69) is 10.2 Å². The van der Waals surface area contributed by atoms with Gasteiger partial charge in [0.05, 0.1) is 18.1 Å². The second-order valence-electron chi connectivity index (χ2n) is 6.37. The zero-order chi connectivity index (χ0) is 18.1. The van der Waals surface area contributed by atoms with Gasteiger partial charge in [-0.2, -0.15) is 4.31 Å². The fourth-order valence-electron chi connectivity index (χ4n) is 2.93. The number of morpholine rings is 1. The topological polar surface area (TPSA) is 97.3 Å². The summed E-state index contributed by atoms with van der Waals surface area (Å²) < 4.78 is 33.9. The first kappa shape index (κ1) is 17.8. The van der Waals surface area contributed by atoms with Gasteiger partial charge in [0.15, 0.2) is 5.16 Å². The van der Waals surface area contributed by atoms with Crippen LogP contribution in [0.4, 0.5) is 0 Å². The number of sulfonamides is 1. The molecule has 140 valence electrons. The van der Waals surface area contributed by atoms with Crippen molar-refractivity contribution in [3.8, 4) is 0 Å². The molecular formula is C16H20N4O4S2. The third kappa shape index (κ3) is 3.59. The molecule has 1 aliphatic heterocycles. The number of nitrogens with zero attached hydrogens (tertiary/aromatic N) is 3. The summed E-state index contributed by atoms with van der Waals surface area (Å²) in [6.45, 7) is 1.60. The van der Waals surface area contributed by atoms with Gasteiger partial charge in [-0.05, 0) is 30.5 Å². The van der Waals surface area contributed by atoms with E-state index in [4.69, 9.17) is 4.74 Å². The summed E-state index contributed by atoms with van der Waals surface area (Å²) in [5.74, 6) is 0.545. The number of aromatic nitrogens is 3. The number of H-pyrrole nitrogens is 1. The molecule has 8 nitrogen and oxygen atoms in total. The van der Waals surface area contributed by atoms with E-state index in [0.717, 1.165) is 18.4 Å². The summed E-state index contributed by atoms with van der Waals surface area (Å²) >= 11 is 1.44. The molecule has 1 aromatic carbocycles. The van der Waals surface area contributed by atoms with E-state index in [1.54, 1.807) is 22.8 Å². The van der Waals surface area contributed by atoms with E-state index >= 15 is 0 Å². The molecule has 2 fully saturated rings. The van der Waals surface area contributed by atoms with Crippen LogP contribution in [0, 0.1) is 0 Å². The predicted molar refractivity (Wildman–Crippen MR) is 96.7 cm³/mol. The molecule has 1 saturated heterocycles. The Balaban J connectivity index is 1.50. The van der Waals surface area contributed by atoms with Gasteiger partial charge in [0, 0.05) is 24.9 Å². The Morgan fingerprint density at radius 3 is 2.77 bits per heavy atom. The Hall–Kier alpha value is -1.62. The monoisotopic (exact) mass is 396 g/mol. The molecule has 4 rings (SSSR count). The second kappa shape index (κ2) is 7.18. The molecule has 2 aromatic rings. The lowest BCUT2D eigenvalue weighted by atomic mass is 10.2. The van der Waals surface area contributed by atoms with Crippen LogP contribution in [0.25, 0.3) is 0 Å². The highest BCUT2D eigenvalue weighted by Crippen LogP contribution is 2.36. The number of rotatable bonds is 6. The standard InChI is InChI=1S/C16H20N4O4S2/c21-15-17-18-16(20(15)13-4-5-13)25-11-12-2-1-3-14(10-12)26(22,23)19-6-8-24-9-7-19/h1-3,10,13H,4-9,11H2,(H,17,21). The summed E-state index contributed by atoms with van der Waals surface area (Å²) in [6, 6.07) is 7.20. The first-order valence-corrected chi connectivity index (χ1v) is 10.9. The number of ether oxygens (including phenoxy) is 1. The SMILES string of the molecule is O=c1[nH]nc(SCc2cccc(S(=O)(=O)N3CCOCC3)c2)n1C1CC1. The number of nitrogens with one attached hydrogen (secondary N) is 1. The summed E-state index contributed by atoms with van der Waals surface area (Å²) in [4.78, 5) is 12.1. The molecule has 1 aliphatic carbocycles. The third-order valence-corrected chi connectivity index (χ3v) is 7.38. The number of aromatic amines is 1. The highest BCUT2D eigenvalue weighted by Gasteiger charge is 2.29. The van der Waals surface area contributed by atoms with Crippen molar-refractivity contribution in [3.63, 3.8) is 0 Å². The molecule has 26 heavy (non-hydrogen) atoms. The fourth-order valence-corrected chi connectivity index (χ4v) is 5.36. The Kier molecular flexibility index (Phi) is 4.91. The van der Waals surface area contributed by atoms with Crippen molar-refractivity contribution in [2.75, 3.05) is 26.3 Å². The maximum Gasteiger partial charge on any atom is 0.344 e. The third-order valence-electron chi connectivity index (χ3n) is 4.46. The lowest BCUT2D eigenvalue weighted by molar-refractivity contribution is 0.0730. The first-order valence-electron chi connectivity index (χ1n) is 8.52. The summed E-state index contributed by atoms with van der Waals surface area (Å²) in [5, 5.41) is 7.23. The van der Waals surface area contributed by atoms with Gasteiger partial charge in [0.25, 0.3) is 0 Å². The van der Waals surface area contributed by atoms with Crippen LogP contribution in [0.2, 0.25) is 0 Å². The van der Waals surface area contributed by atoms with Gasteiger partial charge in [-0.1, -0.05) is 23.9 Å². The van der Waals surface area contributed by atoms with Gasteiger partial charge in [-0.15, -0.1) is 5.10 Å². The van der Waals surface area contributed by atoms with Crippen LogP contribution < -0.4 is 5.69 Å². The van der Waals surface area contributed by atoms with Crippen molar-refractivity contribution in [2.24, 2.45) is 0 Å². The van der Waals surface area contributed by atoms with Gasteiger partial charge in [0.1, 0.15) is 0 Å². The number of hydrogen-bond acceptors (Lipinski definition) is 6. The minimum absolute atomic E-state index is 0.182. The van der Waals surface area contributed by atoms with E-state index in [9.17, 15) is 13.2 Å². The zero-order valence-electron chi connectivity index (χ0n) is 14.1. The summed E-state index contributed by atoms with van der Waals surface area (Å²) in [6.07, 6.45) is 2.00. The van der Waals surface area contributed by atoms with Crippen LogP contribution >= 0.6 is 11.8 Å². The molecule has 2 heterocycles. The van der Waals surface area contributed by atoms with E-state index in [1.807, 2.05) is 6.07 Å². The van der Waals surface area contributed by atoms with Crippen molar-refractivity contribution in [2.45, 2.75) is 34.7 Å². The molecule has 0 unspecified atom stereocenters. The average Bonchev–Trinajstić information content (AvgIpc) is 3.43. The van der Waals surface area contributed by atoms with Gasteiger partial charge >= 0.3 is 5.69 Å². The van der Waals surface area contributed by atoms with Crippen LogP contribution in [0.15, 0.2) is 39.1 Å². The Morgan fingerprint density at radius 2 is 2.04 bits per heavy atom. The highest BCUT2D eigenvalue weighted by atomic mass is 32.2. The fraction of sp³-hybridized carbons (Fsp3) is 0.500. The molecule has 1 aromatic heterocycles. The molecular weight excluding hydrogens is 376 g/mol. The van der Waals surface area contributed by atoms with Gasteiger partial charge in [-0.3, -0.25) is 4.57 Å². The lowest BCUT2D eigenvalue weighted by Crippen LogP contribution is -2.40. The van der Waals surface area contributed by atoms with E-state index < -0.39 is 10.0 Å². The zero-order valence-corrected chi connectivity index (χ0v) is 15.8. The quantitative estimate of drug-likeness (QED) is 0.738.